The van der Waals surface area contributed by atoms with Crippen LogP contribution in [0.15, 0.2) is 48.2 Å². The predicted octanol–water partition coefficient (Wildman–Crippen LogP) is 4.79. The summed E-state index contributed by atoms with van der Waals surface area (Å²) in [7, 11) is 7.69. The second-order valence-electron chi connectivity index (χ2n) is 8.58. The predicted molar refractivity (Wildman–Crippen MR) is 137 cm³/mol. The van der Waals surface area contributed by atoms with Crippen molar-refractivity contribution in [2.24, 2.45) is 0 Å². The minimum absolute atomic E-state index is 0.0479. The molecule has 0 N–H and O–H groups in total. The van der Waals surface area contributed by atoms with E-state index in [0.717, 1.165) is 5.56 Å². The lowest BCUT2D eigenvalue weighted by Gasteiger charge is -2.27. The number of ether oxygens (including phenoxy) is 7. The highest BCUT2D eigenvalue weighted by atomic mass is 16.5. The molecule has 38 heavy (non-hydrogen) atoms. The van der Waals surface area contributed by atoms with E-state index in [1.807, 2.05) is 6.07 Å². The number of rotatable bonds is 7. The summed E-state index contributed by atoms with van der Waals surface area (Å²) in [5.74, 6) is 2.19. The summed E-state index contributed by atoms with van der Waals surface area (Å²) in [5.41, 5.74) is 2.27. The molecule has 0 unspecified atom stereocenters. The maximum absolute atomic E-state index is 13.4. The van der Waals surface area contributed by atoms with Gasteiger partial charge in [0.1, 0.15) is 28.7 Å². The van der Waals surface area contributed by atoms with Crippen LogP contribution in [0.3, 0.4) is 0 Å². The number of fused-ring (bicyclic) bond motifs is 3. The molecule has 196 valence electrons. The van der Waals surface area contributed by atoms with Gasteiger partial charge in [0.15, 0.2) is 17.3 Å². The molecule has 0 amide bonds. The summed E-state index contributed by atoms with van der Waals surface area (Å²) < 4.78 is 38.9. The molecule has 2 aliphatic heterocycles. The smallest absolute Gasteiger partial charge is 0.312 e. The van der Waals surface area contributed by atoms with Crippen LogP contribution in [0, 0.1) is 0 Å². The van der Waals surface area contributed by atoms with Gasteiger partial charge in [-0.2, -0.15) is 0 Å². The fraction of sp³-hybridized carbons (Fsp3) is 0.241. The molecule has 0 aromatic heterocycles. The van der Waals surface area contributed by atoms with E-state index in [1.54, 1.807) is 56.7 Å². The zero-order chi connectivity index (χ0) is 27.0. The Morgan fingerprint density at radius 1 is 0.763 bits per heavy atom. The number of Topliss-reactive ketones (excluding diaryl/α,β-unsaturated/α-hetero) is 1. The molecule has 3 aromatic carbocycles. The first kappa shape index (κ1) is 25.0. The molecule has 1 atom stereocenters. The number of benzene rings is 3. The molecule has 0 radical (unpaired) electrons. The van der Waals surface area contributed by atoms with Crippen LogP contribution >= 0.6 is 0 Å². The molecule has 3 aromatic rings. The van der Waals surface area contributed by atoms with Crippen LogP contribution in [0.2, 0.25) is 0 Å². The van der Waals surface area contributed by atoms with Gasteiger partial charge >= 0.3 is 5.97 Å². The zero-order valence-electron chi connectivity index (χ0n) is 21.6. The van der Waals surface area contributed by atoms with Gasteiger partial charge in [0.05, 0.1) is 47.5 Å². The summed E-state index contributed by atoms with van der Waals surface area (Å²) in [4.78, 5) is 26.0. The fourth-order valence-corrected chi connectivity index (χ4v) is 4.78. The van der Waals surface area contributed by atoms with E-state index in [4.69, 9.17) is 33.2 Å². The average Bonchev–Trinajstić information content (AvgIpc) is 3.26. The first-order valence-corrected chi connectivity index (χ1v) is 11.8. The van der Waals surface area contributed by atoms with Crippen LogP contribution in [0.25, 0.3) is 6.08 Å². The number of allylic oxidation sites excluding steroid dienone is 1. The minimum atomic E-state index is -0.468. The molecular formula is C29H26O9. The number of esters is 1. The van der Waals surface area contributed by atoms with Crippen LogP contribution < -0.4 is 33.2 Å². The molecule has 0 bridgehead atoms. The van der Waals surface area contributed by atoms with Gasteiger partial charge in [-0.3, -0.25) is 9.59 Å². The molecular weight excluding hydrogens is 492 g/mol. The summed E-state index contributed by atoms with van der Waals surface area (Å²) >= 11 is 0. The Bertz CT molecular complexity index is 1470. The number of hydrogen-bond donors (Lipinski definition) is 0. The normalized spacial score (nSPS) is 16.8. The zero-order valence-corrected chi connectivity index (χ0v) is 21.6. The fourth-order valence-electron chi connectivity index (χ4n) is 4.78. The van der Waals surface area contributed by atoms with Gasteiger partial charge in [0, 0.05) is 34.7 Å². The summed E-state index contributed by atoms with van der Waals surface area (Å²) in [6.45, 7) is 0. The van der Waals surface area contributed by atoms with Crippen molar-refractivity contribution >= 4 is 17.8 Å². The van der Waals surface area contributed by atoms with Crippen LogP contribution in [0.4, 0.5) is 0 Å². The van der Waals surface area contributed by atoms with Gasteiger partial charge in [0.2, 0.25) is 5.78 Å². The summed E-state index contributed by atoms with van der Waals surface area (Å²) in [6.07, 6.45) is 1.64. The van der Waals surface area contributed by atoms with Crippen molar-refractivity contribution in [1.29, 1.82) is 0 Å². The van der Waals surface area contributed by atoms with Crippen LogP contribution in [0.1, 0.15) is 39.4 Å². The number of ketones is 1. The molecule has 5 rings (SSSR count). The van der Waals surface area contributed by atoms with Crippen molar-refractivity contribution in [2.45, 2.75) is 12.3 Å². The molecule has 9 heteroatoms. The largest absolute Gasteiger partial charge is 0.497 e. The van der Waals surface area contributed by atoms with Crippen LogP contribution in [0.5, 0.6) is 40.2 Å². The second kappa shape index (κ2) is 10.0. The van der Waals surface area contributed by atoms with Crippen molar-refractivity contribution < 1.29 is 42.7 Å². The highest BCUT2D eigenvalue weighted by Crippen LogP contribution is 2.51. The van der Waals surface area contributed by atoms with Crippen molar-refractivity contribution in [3.05, 3.63) is 70.5 Å². The lowest BCUT2D eigenvalue weighted by atomic mass is 9.84. The number of carbonyl (C=O) groups is 2. The van der Waals surface area contributed by atoms with E-state index >= 15 is 0 Å². The Hall–Kier alpha value is -4.66. The second-order valence-corrected chi connectivity index (χ2v) is 8.58. The maximum atomic E-state index is 13.4. The third kappa shape index (κ3) is 4.15. The SMILES string of the molecule is COc1ccc([C@H]2CC(=O)Oc3ccc4c(c32)O/C(=C/c2cc(OC)c(OC)cc2OC)C4=O)c(OC)c1. The third-order valence-corrected chi connectivity index (χ3v) is 6.62. The quantitative estimate of drug-likeness (QED) is 0.248. The van der Waals surface area contributed by atoms with E-state index in [1.165, 1.54) is 21.3 Å². The standard InChI is InChI=1S/C29H26O9/c1-32-16-6-7-17(22(12-16)34-3)19-13-26(30)37-20-9-8-18-28(31)25(38-29(18)27(19)20)11-15-10-23(35-4)24(36-5)14-21(15)33-2/h6-12,14,19H,13H2,1-5H3/b25-11+/t19-/m1/s1. The molecule has 0 saturated heterocycles. The Balaban J connectivity index is 1.62. The van der Waals surface area contributed by atoms with E-state index in [-0.39, 0.29) is 18.0 Å². The number of methoxy groups -OCH3 is 5. The summed E-state index contributed by atoms with van der Waals surface area (Å²) in [6, 6.07) is 12.0. The van der Waals surface area contributed by atoms with Gasteiger partial charge in [-0.25, -0.2) is 0 Å². The first-order valence-electron chi connectivity index (χ1n) is 11.8. The van der Waals surface area contributed by atoms with Crippen molar-refractivity contribution in [3.63, 3.8) is 0 Å². The molecule has 2 heterocycles. The maximum Gasteiger partial charge on any atom is 0.312 e. The molecule has 0 saturated carbocycles. The molecule has 0 spiro atoms. The highest BCUT2D eigenvalue weighted by Gasteiger charge is 2.39. The van der Waals surface area contributed by atoms with Gasteiger partial charge in [-0.05, 0) is 30.3 Å². The average molecular weight is 519 g/mol. The van der Waals surface area contributed by atoms with Crippen molar-refractivity contribution in [2.75, 3.05) is 35.5 Å². The summed E-state index contributed by atoms with van der Waals surface area (Å²) in [5, 5.41) is 0. The topological polar surface area (TPSA) is 98.8 Å². The molecule has 0 fully saturated rings. The lowest BCUT2D eigenvalue weighted by Crippen LogP contribution is -2.22. The Morgan fingerprint density at radius 3 is 2.16 bits per heavy atom. The van der Waals surface area contributed by atoms with Gasteiger partial charge < -0.3 is 33.2 Å². The van der Waals surface area contributed by atoms with Gasteiger partial charge in [-0.1, -0.05) is 6.07 Å². The Morgan fingerprint density at radius 2 is 1.47 bits per heavy atom. The van der Waals surface area contributed by atoms with Crippen molar-refractivity contribution in [3.8, 4) is 40.2 Å². The van der Waals surface area contributed by atoms with E-state index in [9.17, 15) is 9.59 Å². The van der Waals surface area contributed by atoms with E-state index < -0.39 is 11.9 Å². The third-order valence-electron chi connectivity index (χ3n) is 6.62. The van der Waals surface area contributed by atoms with Crippen molar-refractivity contribution in [1.82, 2.24) is 0 Å². The van der Waals surface area contributed by atoms with Gasteiger partial charge in [-0.15, -0.1) is 0 Å². The number of carbonyl (C=O) groups excluding carboxylic acids is 2. The highest BCUT2D eigenvalue weighted by molar-refractivity contribution is 6.15. The van der Waals surface area contributed by atoms with E-state index in [0.29, 0.717) is 56.9 Å². The molecule has 2 aliphatic rings. The molecule has 0 aliphatic carbocycles. The Kier molecular flexibility index (Phi) is 6.59. The first-order chi connectivity index (χ1) is 18.4. The lowest BCUT2D eigenvalue weighted by molar-refractivity contribution is -0.135. The van der Waals surface area contributed by atoms with Gasteiger partial charge in [0.25, 0.3) is 0 Å². The number of hydrogen-bond acceptors (Lipinski definition) is 9. The Labute approximate surface area is 219 Å². The van der Waals surface area contributed by atoms with E-state index in [2.05, 4.69) is 0 Å². The van der Waals surface area contributed by atoms with Crippen LogP contribution in [-0.2, 0) is 4.79 Å². The minimum Gasteiger partial charge on any atom is -0.497 e. The monoisotopic (exact) mass is 518 g/mol. The van der Waals surface area contributed by atoms with Crippen LogP contribution in [-0.4, -0.2) is 47.3 Å². The molecule has 9 nitrogen and oxygen atoms in total.